The van der Waals surface area contributed by atoms with Gasteiger partial charge in [-0.3, -0.25) is 24.3 Å². The lowest BCUT2D eigenvalue weighted by atomic mass is 10.3. The van der Waals surface area contributed by atoms with E-state index in [2.05, 4.69) is 15.5 Å². The van der Waals surface area contributed by atoms with Gasteiger partial charge in [0.25, 0.3) is 0 Å². The molecule has 0 aromatic carbocycles. The third-order valence-electron chi connectivity index (χ3n) is 3.11. The zero-order valence-electron chi connectivity index (χ0n) is 12.2. The minimum absolute atomic E-state index is 0.0552. The van der Waals surface area contributed by atoms with E-state index in [1.54, 1.807) is 38.7 Å². The van der Waals surface area contributed by atoms with Crippen molar-refractivity contribution in [2.75, 3.05) is 5.32 Å². The number of rotatable bonds is 4. The Balaban J connectivity index is 2.15. The van der Waals surface area contributed by atoms with E-state index in [4.69, 9.17) is 0 Å². The molecule has 0 aliphatic carbocycles. The molecule has 112 valence electrons. The molecule has 0 atom stereocenters. The number of amides is 1. The SMILES string of the molecule is Cc1nn(C)cc1NC(=O)Cn1nc(C)c([N+](=O)[O-])c1C. The Morgan fingerprint density at radius 1 is 1.33 bits per heavy atom. The molecule has 2 aromatic rings. The molecule has 0 bridgehead atoms. The third-order valence-corrected chi connectivity index (χ3v) is 3.11. The summed E-state index contributed by atoms with van der Waals surface area (Å²) in [6.45, 7) is 4.81. The van der Waals surface area contributed by atoms with Crippen LogP contribution >= 0.6 is 0 Å². The van der Waals surface area contributed by atoms with Crippen molar-refractivity contribution in [1.82, 2.24) is 19.6 Å². The molecule has 2 heterocycles. The molecular weight excluding hydrogens is 276 g/mol. The fraction of sp³-hybridized carbons (Fsp3) is 0.417. The predicted molar refractivity (Wildman–Crippen MR) is 74.9 cm³/mol. The van der Waals surface area contributed by atoms with E-state index >= 15 is 0 Å². The fourth-order valence-corrected chi connectivity index (χ4v) is 2.15. The van der Waals surface area contributed by atoms with Gasteiger partial charge < -0.3 is 5.32 Å². The molecule has 0 aliphatic heterocycles. The van der Waals surface area contributed by atoms with Crippen molar-refractivity contribution < 1.29 is 9.72 Å². The number of hydrogen-bond donors (Lipinski definition) is 1. The van der Waals surface area contributed by atoms with Crippen LogP contribution in [0.2, 0.25) is 0 Å². The van der Waals surface area contributed by atoms with Crippen LogP contribution in [-0.2, 0) is 18.4 Å². The second kappa shape index (κ2) is 5.35. The lowest BCUT2D eigenvalue weighted by Crippen LogP contribution is -2.20. The molecule has 1 amide bonds. The molecule has 0 unspecified atom stereocenters. The summed E-state index contributed by atoms with van der Waals surface area (Å²) < 4.78 is 2.92. The maximum atomic E-state index is 12.0. The summed E-state index contributed by atoms with van der Waals surface area (Å²) in [4.78, 5) is 22.4. The quantitative estimate of drug-likeness (QED) is 0.670. The highest BCUT2D eigenvalue weighted by molar-refractivity contribution is 5.91. The van der Waals surface area contributed by atoms with Crippen LogP contribution in [0.1, 0.15) is 17.1 Å². The zero-order chi connectivity index (χ0) is 15.7. The van der Waals surface area contributed by atoms with E-state index in [1.807, 2.05) is 0 Å². The molecule has 0 fully saturated rings. The van der Waals surface area contributed by atoms with Gasteiger partial charge in [0.15, 0.2) is 0 Å². The minimum Gasteiger partial charge on any atom is -0.322 e. The third kappa shape index (κ3) is 2.91. The monoisotopic (exact) mass is 292 g/mol. The molecule has 21 heavy (non-hydrogen) atoms. The van der Waals surface area contributed by atoms with Gasteiger partial charge in [-0.15, -0.1) is 0 Å². The van der Waals surface area contributed by atoms with Crippen LogP contribution < -0.4 is 5.32 Å². The van der Waals surface area contributed by atoms with Crippen LogP contribution in [0.15, 0.2) is 6.20 Å². The van der Waals surface area contributed by atoms with Gasteiger partial charge in [0, 0.05) is 13.2 Å². The first-order chi connectivity index (χ1) is 9.79. The van der Waals surface area contributed by atoms with Crippen molar-refractivity contribution >= 4 is 17.3 Å². The number of aromatic nitrogens is 4. The second-order valence-electron chi connectivity index (χ2n) is 4.78. The Bertz CT molecular complexity index is 715. The summed E-state index contributed by atoms with van der Waals surface area (Å²) in [5.41, 5.74) is 1.91. The number of carbonyl (C=O) groups excluding carboxylic acids is 1. The largest absolute Gasteiger partial charge is 0.322 e. The maximum absolute atomic E-state index is 12.0. The van der Waals surface area contributed by atoms with Crippen molar-refractivity contribution in [2.45, 2.75) is 27.3 Å². The number of nitrogens with zero attached hydrogens (tertiary/aromatic N) is 5. The maximum Gasteiger partial charge on any atom is 0.312 e. The summed E-state index contributed by atoms with van der Waals surface area (Å²) in [7, 11) is 1.76. The summed E-state index contributed by atoms with van der Waals surface area (Å²) in [5, 5.41) is 21.8. The average molecular weight is 292 g/mol. The van der Waals surface area contributed by atoms with Crippen LogP contribution in [0.3, 0.4) is 0 Å². The van der Waals surface area contributed by atoms with Crippen molar-refractivity contribution in [1.29, 1.82) is 0 Å². The highest BCUT2D eigenvalue weighted by atomic mass is 16.6. The van der Waals surface area contributed by atoms with E-state index in [0.29, 0.717) is 22.8 Å². The van der Waals surface area contributed by atoms with E-state index in [9.17, 15) is 14.9 Å². The van der Waals surface area contributed by atoms with Crippen molar-refractivity contribution in [3.63, 3.8) is 0 Å². The Hall–Kier alpha value is -2.71. The van der Waals surface area contributed by atoms with Crippen LogP contribution in [0.5, 0.6) is 0 Å². The topological polar surface area (TPSA) is 108 Å². The average Bonchev–Trinajstić information content (AvgIpc) is 2.79. The van der Waals surface area contributed by atoms with Crippen molar-refractivity contribution in [3.8, 4) is 0 Å². The number of anilines is 1. The summed E-state index contributed by atoms with van der Waals surface area (Å²) in [6.07, 6.45) is 1.69. The molecule has 2 aromatic heterocycles. The number of nitrogens with one attached hydrogen (secondary N) is 1. The van der Waals surface area contributed by atoms with Gasteiger partial charge >= 0.3 is 5.69 Å². The van der Waals surface area contributed by atoms with Crippen LogP contribution in [0, 0.1) is 30.9 Å². The molecule has 0 radical (unpaired) electrons. The Kier molecular flexibility index (Phi) is 3.74. The van der Waals surface area contributed by atoms with Crippen molar-refractivity contribution in [3.05, 3.63) is 33.4 Å². The molecule has 0 spiro atoms. The molecule has 9 heteroatoms. The van der Waals surface area contributed by atoms with Crippen LogP contribution in [0.25, 0.3) is 0 Å². The molecule has 9 nitrogen and oxygen atoms in total. The van der Waals surface area contributed by atoms with E-state index < -0.39 is 4.92 Å². The number of aryl methyl sites for hydroxylation is 3. The number of nitro groups is 1. The van der Waals surface area contributed by atoms with E-state index in [0.717, 1.165) is 0 Å². The molecule has 1 N–H and O–H groups in total. The number of carbonyl (C=O) groups is 1. The summed E-state index contributed by atoms with van der Waals surface area (Å²) >= 11 is 0. The van der Waals surface area contributed by atoms with Crippen LogP contribution in [-0.4, -0.2) is 30.4 Å². The first-order valence-corrected chi connectivity index (χ1v) is 6.28. The highest BCUT2D eigenvalue weighted by Crippen LogP contribution is 2.21. The predicted octanol–water partition coefficient (Wildman–Crippen LogP) is 1.09. The molecule has 0 aliphatic rings. The first-order valence-electron chi connectivity index (χ1n) is 6.28. The van der Waals surface area contributed by atoms with Crippen LogP contribution in [0.4, 0.5) is 11.4 Å². The van der Waals surface area contributed by atoms with E-state index in [1.165, 1.54) is 4.68 Å². The normalized spacial score (nSPS) is 10.7. The smallest absolute Gasteiger partial charge is 0.312 e. The van der Waals surface area contributed by atoms with Gasteiger partial charge in [0.2, 0.25) is 5.91 Å². The fourth-order valence-electron chi connectivity index (χ4n) is 2.15. The Morgan fingerprint density at radius 3 is 2.48 bits per heavy atom. The van der Waals surface area contributed by atoms with Gasteiger partial charge in [0.05, 0.1) is 16.3 Å². The second-order valence-corrected chi connectivity index (χ2v) is 4.78. The molecule has 2 rings (SSSR count). The summed E-state index contributed by atoms with van der Waals surface area (Å²) in [6, 6.07) is 0. The zero-order valence-corrected chi connectivity index (χ0v) is 12.2. The van der Waals surface area contributed by atoms with E-state index in [-0.39, 0.29) is 18.1 Å². The lowest BCUT2D eigenvalue weighted by Gasteiger charge is -2.05. The first kappa shape index (κ1) is 14.7. The molecule has 0 saturated heterocycles. The van der Waals surface area contributed by atoms with Crippen molar-refractivity contribution in [2.24, 2.45) is 7.05 Å². The highest BCUT2D eigenvalue weighted by Gasteiger charge is 2.22. The van der Waals surface area contributed by atoms with Gasteiger partial charge in [0.1, 0.15) is 17.9 Å². The van der Waals surface area contributed by atoms with Gasteiger partial charge in [-0.2, -0.15) is 10.2 Å². The number of hydrogen-bond acceptors (Lipinski definition) is 5. The molecular formula is C12H16N6O3. The lowest BCUT2D eigenvalue weighted by molar-refractivity contribution is -0.386. The van der Waals surface area contributed by atoms with Gasteiger partial charge in [-0.25, -0.2) is 0 Å². The van der Waals surface area contributed by atoms with Gasteiger partial charge in [-0.1, -0.05) is 0 Å². The van der Waals surface area contributed by atoms with Gasteiger partial charge in [-0.05, 0) is 20.8 Å². The standard InChI is InChI=1S/C12H16N6O3/c1-7-10(5-16(4)14-7)13-11(19)6-17-9(3)12(18(20)21)8(2)15-17/h5H,6H2,1-4H3,(H,13,19). The summed E-state index contributed by atoms with van der Waals surface area (Å²) in [5.74, 6) is -0.313. The minimum atomic E-state index is -0.489. The molecule has 0 saturated carbocycles. The Morgan fingerprint density at radius 2 is 2.00 bits per heavy atom. The Labute approximate surface area is 120 Å².